The Morgan fingerprint density at radius 3 is 2.72 bits per heavy atom. The van der Waals surface area contributed by atoms with Crippen molar-refractivity contribution < 1.29 is 14.3 Å². The maximum absolute atomic E-state index is 12.6. The van der Waals surface area contributed by atoms with Crippen molar-refractivity contribution in [1.29, 1.82) is 0 Å². The standard InChI is InChI=1S/C21H25NO3/c1-4-15-5-7-16(8-6-15)14(2)22-21(23)18-11-17-12-19(24-3)9-10-20(17)25-13-18/h5-10,12,14,18H,4,11,13H2,1-3H3,(H,22,23). The van der Waals surface area contributed by atoms with Crippen LogP contribution in [0.2, 0.25) is 0 Å². The Balaban J connectivity index is 1.64. The molecule has 0 saturated heterocycles. The van der Waals surface area contributed by atoms with Gasteiger partial charge in [-0.2, -0.15) is 0 Å². The third kappa shape index (κ3) is 3.95. The summed E-state index contributed by atoms with van der Waals surface area (Å²) in [6.45, 7) is 4.56. The molecule has 3 rings (SSSR count). The second-order valence-corrected chi connectivity index (χ2v) is 6.51. The first-order valence-electron chi connectivity index (χ1n) is 8.79. The van der Waals surface area contributed by atoms with Gasteiger partial charge >= 0.3 is 0 Å². The number of amides is 1. The Morgan fingerprint density at radius 1 is 1.28 bits per heavy atom. The minimum atomic E-state index is -0.183. The number of nitrogens with one attached hydrogen (secondary N) is 1. The van der Waals surface area contributed by atoms with Crippen LogP contribution in [0.5, 0.6) is 11.5 Å². The summed E-state index contributed by atoms with van der Waals surface area (Å²) in [6, 6.07) is 14.1. The van der Waals surface area contributed by atoms with Gasteiger partial charge < -0.3 is 14.8 Å². The van der Waals surface area contributed by atoms with E-state index in [4.69, 9.17) is 9.47 Å². The summed E-state index contributed by atoms with van der Waals surface area (Å²) in [5.74, 6) is 1.47. The molecule has 0 radical (unpaired) electrons. The quantitative estimate of drug-likeness (QED) is 0.904. The van der Waals surface area contributed by atoms with E-state index in [-0.39, 0.29) is 17.9 Å². The molecule has 1 amide bonds. The fourth-order valence-electron chi connectivity index (χ4n) is 3.12. The Morgan fingerprint density at radius 2 is 2.04 bits per heavy atom. The molecule has 4 nitrogen and oxygen atoms in total. The molecule has 1 aliphatic rings. The van der Waals surface area contributed by atoms with E-state index >= 15 is 0 Å². The van der Waals surface area contributed by atoms with Crippen LogP contribution in [-0.4, -0.2) is 19.6 Å². The van der Waals surface area contributed by atoms with E-state index in [2.05, 4.69) is 36.5 Å². The minimum absolute atomic E-state index is 0.0230. The van der Waals surface area contributed by atoms with Crippen molar-refractivity contribution >= 4 is 5.91 Å². The average molecular weight is 339 g/mol. The highest BCUT2D eigenvalue weighted by molar-refractivity contribution is 5.80. The zero-order valence-electron chi connectivity index (χ0n) is 15.0. The van der Waals surface area contributed by atoms with Crippen molar-refractivity contribution in [3.05, 3.63) is 59.2 Å². The SMILES string of the molecule is CCc1ccc(C(C)NC(=O)C2COc3ccc(OC)cc3C2)cc1. The van der Waals surface area contributed by atoms with Crippen LogP contribution in [0.1, 0.15) is 36.6 Å². The highest BCUT2D eigenvalue weighted by Gasteiger charge is 2.27. The first kappa shape index (κ1) is 17.3. The lowest BCUT2D eigenvalue weighted by Crippen LogP contribution is -2.38. The topological polar surface area (TPSA) is 47.6 Å². The van der Waals surface area contributed by atoms with Crippen molar-refractivity contribution in [3.8, 4) is 11.5 Å². The molecule has 0 saturated carbocycles. The number of ether oxygens (including phenoxy) is 2. The van der Waals surface area contributed by atoms with E-state index in [0.717, 1.165) is 29.0 Å². The molecule has 0 spiro atoms. The number of methoxy groups -OCH3 is 1. The molecule has 2 atom stereocenters. The maximum Gasteiger partial charge on any atom is 0.227 e. The third-order valence-electron chi connectivity index (χ3n) is 4.79. The van der Waals surface area contributed by atoms with E-state index in [9.17, 15) is 4.79 Å². The third-order valence-corrected chi connectivity index (χ3v) is 4.79. The van der Waals surface area contributed by atoms with Gasteiger partial charge in [0.1, 0.15) is 18.1 Å². The van der Waals surface area contributed by atoms with Crippen molar-refractivity contribution in [3.63, 3.8) is 0 Å². The van der Waals surface area contributed by atoms with Gasteiger partial charge in [0.25, 0.3) is 0 Å². The van der Waals surface area contributed by atoms with E-state index in [1.165, 1.54) is 5.56 Å². The van der Waals surface area contributed by atoms with Gasteiger partial charge in [0.15, 0.2) is 0 Å². The van der Waals surface area contributed by atoms with Gasteiger partial charge in [-0.3, -0.25) is 4.79 Å². The molecular formula is C21H25NO3. The largest absolute Gasteiger partial charge is 0.497 e. The van der Waals surface area contributed by atoms with Gasteiger partial charge in [-0.25, -0.2) is 0 Å². The van der Waals surface area contributed by atoms with E-state index in [0.29, 0.717) is 13.0 Å². The molecule has 25 heavy (non-hydrogen) atoms. The Kier molecular flexibility index (Phi) is 5.27. The molecule has 0 aromatic heterocycles. The Labute approximate surface area is 149 Å². The van der Waals surface area contributed by atoms with Gasteiger partial charge in [-0.1, -0.05) is 31.2 Å². The van der Waals surface area contributed by atoms with Gasteiger partial charge in [-0.05, 0) is 54.7 Å². The molecule has 2 aromatic rings. The summed E-state index contributed by atoms with van der Waals surface area (Å²) < 4.78 is 11.0. The molecule has 0 aliphatic carbocycles. The monoisotopic (exact) mass is 339 g/mol. The molecule has 4 heteroatoms. The van der Waals surface area contributed by atoms with Crippen LogP contribution in [0.15, 0.2) is 42.5 Å². The van der Waals surface area contributed by atoms with Crippen LogP contribution >= 0.6 is 0 Å². The summed E-state index contributed by atoms with van der Waals surface area (Å²) in [5, 5.41) is 3.11. The molecule has 1 heterocycles. The van der Waals surface area contributed by atoms with Crippen LogP contribution < -0.4 is 14.8 Å². The molecule has 0 fully saturated rings. The molecule has 2 unspecified atom stereocenters. The molecule has 132 valence electrons. The summed E-state index contributed by atoms with van der Waals surface area (Å²) in [7, 11) is 1.64. The number of fused-ring (bicyclic) bond motifs is 1. The lowest BCUT2D eigenvalue weighted by molar-refractivity contribution is -0.126. The molecular weight excluding hydrogens is 314 g/mol. The molecule has 1 N–H and O–H groups in total. The van der Waals surface area contributed by atoms with E-state index in [1.807, 2.05) is 25.1 Å². The minimum Gasteiger partial charge on any atom is -0.497 e. The van der Waals surface area contributed by atoms with Crippen LogP contribution in [0.4, 0.5) is 0 Å². The molecule has 1 aliphatic heterocycles. The van der Waals surface area contributed by atoms with Crippen LogP contribution in [0, 0.1) is 5.92 Å². The highest BCUT2D eigenvalue weighted by atomic mass is 16.5. The zero-order valence-corrected chi connectivity index (χ0v) is 15.0. The van der Waals surface area contributed by atoms with Gasteiger partial charge in [-0.15, -0.1) is 0 Å². The number of benzene rings is 2. The predicted molar refractivity (Wildman–Crippen MR) is 98.1 cm³/mol. The summed E-state index contributed by atoms with van der Waals surface area (Å²) in [6.07, 6.45) is 1.68. The number of hydrogen-bond acceptors (Lipinski definition) is 3. The lowest BCUT2D eigenvalue weighted by atomic mass is 9.95. The number of carbonyl (C=O) groups excluding carboxylic acids is 1. The van der Waals surface area contributed by atoms with Crippen LogP contribution in [0.3, 0.4) is 0 Å². The summed E-state index contributed by atoms with van der Waals surface area (Å²) in [4.78, 5) is 12.6. The van der Waals surface area contributed by atoms with Crippen molar-refractivity contribution in [2.45, 2.75) is 32.7 Å². The van der Waals surface area contributed by atoms with Crippen LogP contribution in [-0.2, 0) is 17.6 Å². The van der Waals surface area contributed by atoms with Crippen LogP contribution in [0.25, 0.3) is 0 Å². The van der Waals surface area contributed by atoms with Gasteiger partial charge in [0.05, 0.1) is 19.1 Å². The highest BCUT2D eigenvalue weighted by Crippen LogP contribution is 2.31. The summed E-state index contributed by atoms with van der Waals surface area (Å²) >= 11 is 0. The van der Waals surface area contributed by atoms with Crippen molar-refractivity contribution in [2.75, 3.05) is 13.7 Å². The number of aryl methyl sites for hydroxylation is 1. The second-order valence-electron chi connectivity index (χ2n) is 6.51. The van der Waals surface area contributed by atoms with Crippen molar-refractivity contribution in [1.82, 2.24) is 5.32 Å². The normalized spacial score (nSPS) is 17.2. The van der Waals surface area contributed by atoms with Gasteiger partial charge in [0.2, 0.25) is 5.91 Å². The molecule has 0 bridgehead atoms. The number of carbonyl (C=O) groups is 1. The number of hydrogen-bond donors (Lipinski definition) is 1. The Hall–Kier alpha value is -2.49. The predicted octanol–water partition coefficient (Wildman–Crippen LogP) is 3.69. The smallest absolute Gasteiger partial charge is 0.227 e. The average Bonchev–Trinajstić information content (AvgIpc) is 2.67. The number of rotatable bonds is 5. The first-order valence-corrected chi connectivity index (χ1v) is 8.79. The second kappa shape index (κ2) is 7.60. The fraction of sp³-hybridized carbons (Fsp3) is 0.381. The fourth-order valence-corrected chi connectivity index (χ4v) is 3.12. The molecule has 2 aromatic carbocycles. The lowest BCUT2D eigenvalue weighted by Gasteiger charge is -2.26. The summed E-state index contributed by atoms with van der Waals surface area (Å²) in [5.41, 5.74) is 3.43. The van der Waals surface area contributed by atoms with E-state index < -0.39 is 0 Å². The van der Waals surface area contributed by atoms with Crippen molar-refractivity contribution in [2.24, 2.45) is 5.92 Å². The zero-order chi connectivity index (χ0) is 17.8. The Bertz CT molecular complexity index is 739. The first-order chi connectivity index (χ1) is 12.1. The maximum atomic E-state index is 12.6. The van der Waals surface area contributed by atoms with Gasteiger partial charge in [0, 0.05) is 0 Å². The van der Waals surface area contributed by atoms with E-state index in [1.54, 1.807) is 7.11 Å².